The molecule has 0 N–H and O–H groups in total. The lowest BCUT2D eigenvalue weighted by Crippen LogP contribution is -2.27. The minimum absolute atomic E-state index is 0.0700. The van der Waals surface area contributed by atoms with Crippen LogP contribution in [0, 0.1) is 19.7 Å². The normalized spacial score (nSPS) is 14.5. The van der Waals surface area contributed by atoms with Gasteiger partial charge in [0.2, 0.25) is 0 Å². The van der Waals surface area contributed by atoms with Crippen LogP contribution in [0.5, 0.6) is 5.75 Å². The predicted molar refractivity (Wildman–Crippen MR) is 171 cm³/mol. The van der Waals surface area contributed by atoms with Gasteiger partial charge in [-0.25, -0.2) is 22.8 Å². The molecule has 1 atom stereocenters. The molecule has 4 aromatic rings. The Balaban J connectivity index is 1.75. The summed E-state index contributed by atoms with van der Waals surface area (Å²) >= 11 is 1.23. The van der Waals surface area contributed by atoms with E-state index in [0.29, 0.717) is 70.5 Å². The molecule has 0 fully saturated rings. The second-order valence-electron chi connectivity index (χ2n) is 12.6. The highest BCUT2D eigenvalue weighted by atomic mass is 32.2. The van der Waals surface area contributed by atoms with Crippen molar-refractivity contribution in [2.24, 2.45) is 7.05 Å². The van der Waals surface area contributed by atoms with Crippen LogP contribution in [0.15, 0.2) is 12.1 Å². The number of aromatic nitrogens is 4. The number of sulfone groups is 1. The number of hydrogen-bond donors (Lipinski definition) is 0. The summed E-state index contributed by atoms with van der Waals surface area (Å²) in [6.45, 7) is 11.5. The van der Waals surface area contributed by atoms with Crippen LogP contribution in [0.3, 0.4) is 0 Å². The molecule has 236 valence electrons. The van der Waals surface area contributed by atoms with Gasteiger partial charge in [-0.2, -0.15) is 4.37 Å². The SMILES string of the molecule is CC(=O)[C@@H](OC(C)(C)C)c1c(C)nc2c(cc(-c3nc(CCCS(C)(=O)=O)ns3)n2C)c1-c1cc(F)c2c(c1C)CCCO2. The number of carbonyl (C=O) groups is 1. The number of fused-ring (bicyclic) bond motifs is 2. The van der Waals surface area contributed by atoms with Crippen LogP contribution < -0.4 is 4.74 Å². The van der Waals surface area contributed by atoms with E-state index in [1.807, 2.05) is 52.3 Å². The number of halogens is 1. The van der Waals surface area contributed by atoms with Crippen LogP contribution in [0.4, 0.5) is 4.39 Å². The second-order valence-corrected chi connectivity index (χ2v) is 15.6. The van der Waals surface area contributed by atoms with E-state index >= 15 is 4.39 Å². The maximum atomic E-state index is 15.7. The Bertz CT molecular complexity index is 1870. The van der Waals surface area contributed by atoms with Gasteiger partial charge in [0.25, 0.3) is 0 Å². The number of benzene rings is 1. The zero-order chi connectivity index (χ0) is 32.1. The molecule has 9 nitrogen and oxygen atoms in total. The largest absolute Gasteiger partial charge is 0.490 e. The smallest absolute Gasteiger partial charge is 0.165 e. The summed E-state index contributed by atoms with van der Waals surface area (Å²) in [7, 11) is -1.18. The van der Waals surface area contributed by atoms with Crippen LogP contribution in [-0.2, 0) is 39.3 Å². The number of ketones is 1. The zero-order valence-electron chi connectivity index (χ0n) is 26.5. The van der Waals surface area contributed by atoms with E-state index in [1.165, 1.54) is 30.8 Å². The second kappa shape index (κ2) is 11.9. The summed E-state index contributed by atoms with van der Waals surface area (Å²) in [4.78, 5) is 22.9. The Morgan fingerprint density at radius 3 is 2.61 bits per heavy atom. The topological polar surface area (TPSA) is 113 Å². The summed E-state index contributed by atoms with van der Waals surface area (Å²) in [6, 6.07) is 3.46. The van der Waals surface area contributed by atoms with Gasteiger partial charge in [-0.05, 0) is 95.6 Å². The molecule has 12 heteroatoms. The van der Waals surface area contributed by atoms with Crippen molar-refractivity contribution in [1.82, 2.24) is 18.9 Å². The van der Waals surface area contributed by atoms with Gasteiger partial charge in [-0.1, -0.05) is 0 Å². The van der Waals surface area contributed by atoms with Crippen LogP contribution in [-0.4, -0.2) is 57.3 Å². The molecule has 0 aliphatic carbocycles. The molecule has 3 aromatic heterocycles. The van der Waals surface area contributed by atoms with E-state index in [0.717, 1.165) is 28.6 Å². The van der Waals surface area contributed by atoms with E-state index in [1.54, 1.807) is 0 Å². The van der Waals surface area contributed by atoms with E-state index in [2.05, 4.69) is 4.37 Å². The third kappa shape index (κ3) is 6.43. The summed E-state index contributed by atoms with van der Waals surface area (Å²) in [5, 5.41) is 1.39. The first-order valence-corrected chi connectivity index (χ1v) is 17.5. The third-order valence-corrected chi connectivity index (χ3v) is 9.62. The first-order chi connectivity index (χ1) is 20.6. The number of aryl methyl sites for hydroxylation is 3. The Morgan fingerprint density at radius 1 is 1.23 bits per heavy atom. The molecule has 1 aliphatic rings. The molecular formula is C32H39FN4O5S2. The van der Waals surface area contributed by atoms with Gasteiger partial charge >= 0.3 is 0 Å². The van der Waals surface area contributed by atoms with Crippen molar-refractivity contribution in [1.29, 1.82) is 0 Å². The van der Waals surface area contributed by atoms with E-state index in [4.69, 9.17) is 19.4 Å². The van der Waals surface area contributed by atoms with Crippen molar-refractivity contribution < 1.29 is 27.1 Å². The summed E-state index contributed by atoms with van der Waals surface area (Å²) in [5.74, 6) is 0.321. The van der Waals surface area contributed by atoms with Crippen molar-refractivity contribution in [3.8, 4) is 27.6 Å². The first kappa shape index (κ1) is 32.2. The maximum absolute atomic E-state index is 15.7. The van der Waals surface area contributed by atoms with Gasteiger partial charge in [0, 0.05) is 47.5 Å². The van der Waals surface area contributed by atoms with Crippen LogP contribution in [0.25, 0.3) is 32.9 Å². The third-order valence-electron chi connectivity index (χ3n) is 7.81. The average Bonchev–Trinajstić information content (AvgIpc) is 3.52. The Labute approximate surface area is 261 Å². The lowest BCUT2D eigenvalue weighted by Gasteiger charge is -2.30. The highest BCUT2D eigenvalue weighted by molar-refractivity contribution is 7.90. The Morgan fingerprint density at radius 2 is 1.95 bits per heavy atom. The molecule has 1 aliphatic heterocycles. The van der Waals surface area contributed by atoms with E-state index in [9.17, 15) is 13.2 Å². The molecule has 0 unspecified atom stereocenters. The molecule has 0 saturated heterocycles. The Kier molecular flexibility index (Phi) is 8.73. The van der Waals surface area contributed by atoms with Crippen molar-refractivity contribution >= 4 is 38.2 Å². The lowest BCUT2D eigenvalue weighted by molar-refractivity contribution is -0.138. The predicted octanol–water partition coefficient (Wildman–Crippen LogP) is 6.26. The number of carbonyl (C=O) groups excluding carboxylic acids is 1. The molecule has 0 radical (unpaired) electrons. The Hall–Kier alpha value is -3.22. The molecule has 1 aromatic carbocycles. The van der Waals surface area contributed by atoms with Crippen molar-refractivity contribution in [2.75, 3.05) is 18.6 Å². The summed E-state index contributed by atoms with van der Waals surface area (Å²) < 4.78 is 57.4. The van der Waals surface area contributed by atoms with Gasteiger partial charge < -0.3 is 14.0 Å². The fraction of sp³-hybridized carbons (Fsp3) is 0.500. The highest BCUT2D eigenvalue weighted by Gasteiger charge is 2.33. The number of pyridine rings is 1. The quantitative estimate of drug-likeness (QED) is 0.210. The van der Waals surface area contributed by atoms with E-state index < -0.39 is 27.4 Å². The molecule has 44 heavy (non-hydrogen) atoms. The number of nitrogens with zero attached hydrogens (tertiary/aromatic N) is 4. The fourth-order valence-corrected chi connectivity index (χ4v) is 7.27. The monoisotopic (exact) mass is 642 g/mol. The van der Waals surface area contributed by atoms with Gasteiger partial charge in [0.15, 0.2) is 22.4 Å². The molecule has 5 rings (SSSR count). The van der Waals surface area contributed by atoms with Crippen molar-refractivity contribution in [2.45, 2.75) is 78.9 Å². The maximum Gasteiger partial charge on any atom is 0.165 e. The van der Waals surface area contributed by atoms with Gasteiger partial charge in [0.1, 0.15) is 27.4 Å². The molecule has 0 amide bonds. The van der Waals surface area contributed by atoms with Crippen LogP contribution >= 0.6 is 11.5 Å². The van der Waals surface area contributed by atoms with Gasteiger partial charge in [-0.3, -0.25) is 4.79 Å². The van der Waals surface area contributed by atoms with Gasteiger partial charge in [-0.15, -0.1) is 0 Å². The standard InChI is InChI=1S/C32H39FN4O5S2/c1-17-20-11-9-13-41-29(20)23(33)15-21(17)27-22-16-24(31-35-25(36-43-31)12-10-14-44(8,39)40)37(7)30(22)34-18(2)26(27)28(19(3)38)42-32(4,5)6/h15-16,28H,9-14H2,1-8H3/t28-/m1/s1. The average molecular weight is 643 g/mol. The van der Waals surface area contributed by atoms with Crippen LogP contribution in [0.1, 0.15) is 74.8 Å². The fourth-order valence-electron chi connectivity index (χ4n) is 5.84. The molecule has 0 bridgehead atoms. The molecule has 0 saturated carbocycles. The number of Topliss-reactive ketones (excluding diaryl/α,β-unsaturated/α-hetero) is 1. The van der Waals surface area contributed by atoms with E-state index in [-0.39, 0.29) is 11.5 Å². The van der Waals surface area contributed by atoms with Crippen LogP contribution in [0.2, 0.25) is 0 Å². The highest BCUT2D eigenvalue weighted by Crippen LogP contribution is 2.45. The minimum atomic E-state index is -3.07. The number of hydrogen-bond acceptors (Lipinski definition) is 9. The van der Waals surface area contributed by atoms with Crippen molar-refractivity contribution in [3.63, 3.8) is 0 Å². The van der Waals surface area contributed by atoms with Gasteiger partial charge in [0.05, 0.1) is 23.7 Å². The number of rotatable bonds is 9. The molecular weight excluding hydrogens is 604 g/mol. The number of ether oxygens (including phenoxy) is 2. The molecule has 0 spiro atoms. The lowest BCUT2D eigenvalue weighted by atomic mass is 9.86. The summed E-state index contributed by atoms with van der Waals surface area (Å²) in [6.07, 6.45) is 2.65. The summed E-state index contributed by atoms with van der Waals surface area (Å²) in [5.41, 5.74) is 5.06. The zero-order valence-corrected chi connectivity index (χ0v) is 28.1. The molecule has 4 heterocycles. The van der Waals surface area contributed by atoms with Crippen molar-refractivity contribution in [3.05, 3.63) is 46.2 Å². The first-order valence-electron chi connectivity index (χ1n) is 14.7. The minimum Gasteiger partial charge on any atom is -0.490 e.